The monoisotopic (exact) mass is 413 g/mol. The third-order valence-electron chi connectivity index (χ3n) is 4.22. The molecule has 1 aromatic carbocycles. The van der Waals surface area contributed by atoms with Crippen molar-refractivity contribution >= 4 is 45.6 Å². The number of carboxylic acid groups (broad SMARTS) is 1. The number of hydrogen-bond acceptors (Lipinski definition) is 5. The second-order valence-electron chi connectivity index (χ2n) is 6.79. The molecule has 0 radical (unpaired) electrons. The van der Waals surface area contributed by atoms with Crippen molar-refractivity contribution in [3.63, 3.8) is 0 Å². The Morgan fingerprint density at radius 2 is 2.19 bits per heavy atom. The van der Waals surface area contributed by atoms with Crippen LogP contribution in [0.15, 0.2) is 18.2 Å². The number of hydrogen-bond donors (Lipinski definition) is 2. The van der Waals surface area contributed by atoms with Gasteiger partial charge in [-0.15, -0.1) is 11.3 Å². The predicted octanol–water partition coefficient (Wildman–Crippen LogP) is 4.18. The molecule has 26 heavy (non-hydrogen) atoms. The van der Waals surface area contributed by atoms with Gasteiger partial charge in [-0.1, -0.05) is 43.1 Å². The van der Waals surface area contributed by atoms with Crippen LogP contribution in [0.4, 0.5) is 5.13 Å². The lowest BCUT2D eigenvalue weighted by molar-refractivity contribution is -0.139. The third kappa shape index (κ3) is 4.31. The molecule has 2 aromatic rings. The molecular formula is C18H21Cl2N3O2S. The molecule has 2 N–H and O–H groups in total. The fraction of sp³-hybridized carbons (Fsp3) is 0.444. The predicted molar refractivity (Wildman–Crippen MR) is 108 cm³/mol. The SMILES string of the molecule is CC(C)Cc1sc(N2CCNC(C(=O)O)C2)nc1-c1ccc(Cl)c(Cl)c1. The van der Waals surface area contributed by atoms with Crippen molar-refractivity contribution in [3.05, 3.63) is 33.1 Å². The fourth-order valence-corrected chi connectivity index (χ4v) is 4.57. The number of thiazole rings is 1. The zero-order chi connectivity index (χ0) is 18.8. The molecule has 1 aliphatic rings. The maximum absolute atomic E-state index is 11.3. The van der Waals surface area contributed by atoms with Crippen LogP contribution in [0.2, 0.25) is 10.0 Å². The van der Waals surface area contributed by atoms with E-state index in [4.69, 9.17) is 28.2 Å². The van der Waals surface area contributed by atoms with E-state index in [0.717, 1.165) is 29.4 Å². The van der Waals surface area contributed by atoms with Crippen molar-refractivity contribution in [2.45, 2.75) is 26.3 Å². The Morgan fingerprint density at radius 3 is 2.85 bits per heavy atom. The molecule has 0 bridgehead atoms. The van der Waals surface area contributed by atoms with Gasteiger partial charge in [0.05, 0.1) is 15.7 Å². The second kappa shape index (κ2) is 8.13. The number of carboxylic acids is 1. The van der Waals surface area contributed by atoms with Gasteiger partial charge in [0.15, 0.2) is 5.13 Å². The topological polar surface area (TPSA) is 65.5 Å². The summed E-state index contributed by atoms with van der Waals surface area (Å²) < 4.78 is 0. The number of carbonyl (C=O) groups is 1. The number of nitrogens with zero attached hydrogens (tertiary/aromatic N) is 2. The van der Waals surface area contributed by atoms with Gasteiger partial charge in [-0.2, -0.15) is 0 Å². The molecule has 0 saturated carbocycles. The molecule has 3 rings (SSSR count). The minimum atomic E-state index is -0.835. The third-order valence-corrected chi connectivity index (χ3v) is 6.09. The summed E-state index contributed by atoms with van der Waals surface area (Å²) in [6.45, 7) is 6.11. The fourth-order valence-electron chi connectivity index (χ4n) is 2.94. The first-order chi connectivity index (χ1) is 12.3. The van der Waals surface area contributed by atoms with Gasteiger partial charge in [-0.05, 0) is 24.5 Å². The molecular weight excluding hydrogens is 393 g/mol. The van der Waals surface area contributed by atoms with Crippen molar-refractivity contribution in [3.8, 4) is 11.3 Å². The van der Waals surface area contributed by atoms with Crippen LogP contribution in [0.3, 0.4) is 0 Å². The normalized spacial score (nSPS) is 17.7. The Balaban J connectivity index is 1.96. The molecule has 1 fully saturated rings. The highest BCUT2D eigenvalue weighted by atomic mass is 35.5. The van der Waals surface area contributed by atoms with Gasteiger partial charge in [0.1, 0.15) is 6.04 Å². The van der Waals surface area contributed by atoms with Gasteiger partial charge in [0, 0.05) is 30.1 Å². The summed E-state index contributed by atoms with van der Waals surface area (Å²) in [5, 5.41) is 14.2. The van der Waals surface area contributed by atoms with Crippen LogP contribution in [-0.2, 0) is 11.2 Å². The number of anilines is 1. The van der Waals surface area contributed by atoms with E-state index in [1.807, 2.05) is 17.0 Å². The quantitative estimate of drug-likeness (QED) is 0.769. The minimum absolute atomic E-state index is 0.408. The van der Waals surface area contributed by atoms with Crippen LogP contribution in [0, 0.1) is 5.92 Å². The van der Waals surface area contributed by atoms with Gasteiger partial charge in [0.25, 0.3) is 0 Å². The van der Waals surface area contributed by atoms with Gasteiger partial charge >= 0.3 is 5.97 Å². The molecule has 1 unspecified atom stereocenters. The van der Waals surface area contributed by atoms with Gasteiger partial charge in [-0.25, -0.2) is 4.98 Å². The van der Waals surface area contributed by atoms with Crippen LogP contribution < -0.4 is 10.2 Å². The standard InChI is InChI=1S/C18H21Cl2N3O2S/c1-10(2)7-15-16(11-3-4-12(19)13(20)8-11)22-18(26-15)23-6-5-21-14(9-23)17(24)25/h3-4,8,10,14,21H,5-7,9H2,1-2H3,(H,24,25). The lowest BCUT2D eigenvalue weighted by atomic mass is 10.0. The van der Waals surface area contributed by atoms with Crippen LogP contribution >= 0.6 is 34.5 Å². The Labute approximate surface area is 166 Å². The average Bonchev–Trinajstić information content (AvgIpc) is 3.00. The van der Waals surface area contributed by atoms with Crippen molar-refractivity contribution in [2.24, 2.45) is 5.92 Å². The number of nitrogens with one attached hydrogen (secondary N) is 1. The largest absolute Gasteiger partial charge is 0.480 e. The average molecular weight is 414 g/mol. The highest BCUT2D eigenvalue weighted by Crippen LogP contribution is 2.37. The molecule has 8 heteroatoms. The molecule has 2 heterocycles. The first-order valence-electron chi connectivity index (χ1n) is 8.51. The highest BCUT2D eigenvalue weighted by molar-refractivity contribution is 7.16. The maximum atomic E-state index is 11.3. The summed E-state index contributed by atoms with van der Waals surface area (Å²) in [5.41, 5.74) is 1.84. The first kappa shape index (κ1) is 19.4. The Bertz CT molecular complexity index is 810. The van der Waals surface area contributed by atoms with E-state index in [2.05, 4.69) is 19.2 Å². The van der Waals surface area contributed by atoms with Crippen LogP contribution in [-0.4, -0.2) is 41.7 Å². The van der Waals surface area contributed by atoms with Crippen molar-refractivity contribution in [1.29, 1.82) is 0 Å². The summed E-state index contributed by atoms with van der Waals surface area (Å²) in [7, 11) is 0. The maximum Gasteiger partial charge on any atom is 0.322 e. The van der Waals surface area contributed by atoms with Gasteiger partial charge in [-0.3, -0.25) is 4.79 Å². The summed E-state index contributed by atoms with van der Waals surface area (Å²) in [5.74, 6) is -0.349. The molecule has 1 atom stereocenters. The number of benzene rings is 1. The van der Waals surface area contributed by atoms with E-state index in [-0.39, 0.29) is 0 Å². The molecule has 5 nitrogen and oxygen atoms in total. The van der Waals surface area contributed by atoms with Crippen molar-refractivity contribution in [1.82, 2.24) is 10.3 Å². The van der Waals surface area contributed by atoms with E-state index < -0.39 is 12.0 Å². The Kier molecular flexibility index (Phi) is 6.07. The minimum Gasteiger partial charge on any atom is -0.480 e. The van der Waals surface area contributed by atoms with E-state index in [9.17, 15) is 9.90 Å². The molecule has 1 saturated heterocycles. The molecule has 0 aliphatic carbocycles. The number of aliphatic carboxylic acids is 1. The van der Waals surface area contributed by atoms with Crippen LogP contribution in [0.1, 0.15) is 18.7 Å². The second-order valence-corrected chi connectivity index (χ2v) is 8.66. The lowest BCUT2D eigenvalue weighted by Crippen LogP contribution is -2.54. The lowest BCUT2D eigenvalue weighted by Gasteiger charge is -2.31. The van der Waals surface area contributed by atoms with Crippen molar-refractivity contribution in [2.75, 3.05) is 24.5 Å². The zero-order valence-electron chi connectivity index (χ0n) is 14.6. The summed E-state index contributed by atoms with van der Waals surface area (Å²) >= 11 is 13.9. The molecule has 140 valence electrons. The van der Waals surface area contributed by atoms with E-state index >= 15 is 0 Å². The Hall–Kier alpha value is -1.34. The number of piperazine rings is 1. The number of aromatic nitrogens is 1. The summed E-state index contributed by atoms with van der Waals surface area (Å²) in [6.07, 6.45) is 0.904. The van der Waals surface area contributed by atoms with E-state index in [1.54, 1.807) is 17.4 Å². The smallest absolute Gasteiger partial charge is 0.322 e. The van der Waals surface area contributed by atoms with Crippen LogP contribution in [0.5, 0.6) is 0 Å². The number of halogens is 2. The van der Waals surface area contributed by atoms with Crippen LogP contribution in [0.25, 0.3) is 11.3 Å². The van der Waals surface area contributed by atoms with Gasteiger partial charge in [0.2, 0.25) is 0 Å². The zero-order valence-corrected chi connectivity index (χ0v) is 17.0. The summed E-state index contributed by atoms with van der Waals surface area (Å²) in [6, 6.07) is 4.97. The Morgan fingerprint density at radius 1 is 1.42 bits per heavy atom. The number of rotatable bonds is 5. The van der Waals surface area contributed by atoms with Crippen molar-refractivity contribution < 1.29 is 9.90 Å². The molecule has 1 aromatic heterocycles. The molecule has 0 amide bonds. The van der Waals surface area contributed by atoms with E-state index in [1.165, 1.54) is 4.88 Å². The highest BCUT2D eigenvalue weighted by Gasteiger charge is 2.27. The molecule has 1 aliphatic heterocycles. The van der Waals surface area contributed by atoms with E-state index in [0.29, 0.717) is 29.1 Å². The summed E-state index contributed by atoms with van der Waals surface area (Å²) in [4.78, 5) is 19.4. The van der Waals surface area contributed by atoms with Gasteiger partial charge < -0.3 is 15.3 Å². The molecule has 0 spiro atoms. The first-order valence-corrected chi connectivity index (χ1v) is 10.1.